The Hall–Kier alpha value is -6.22. The molecule has 2 aliphatic carbocycles. The predicted octanol–water partition coefficient (Wildman–Crippen LogP) is 1.03. The maximum absolute atomic E-state index is 14.7. The Morgan fingerprint density at radius 3 is 1.97 bits per heavy atom. The highest BCUT2D eigenvalue weighted by Gasteiger charge is 2.92. The van der Waals surface area contributed by atoms with E-state index in [-0.39, 0.29) is 16.8 Å². The molecule has 1 spiro atoms. The lowest BCUT2D eigenvalue weighted by Gasteiger charge is -2.67. The Balaban J connectivity index is 1.80. The highest BCUT2D eigenvalue weighted by Crippen LogP contribution is 2.70. The van der Waals surface area contributed by atoms with Crippen LogP contribution in [0.15, 0.2) is 41.5 Å². The number of aliphatic hydroxyl groups is 1. The quantitative estimate of drug-likeness (QED) is 0.286. The van der Waals surface area contributed by atoms with Crippen molar-refractivity contribution in [1.82, 2.24) is 9.55 Å². The van der Waals surface area contributed by atoms with Crippen LogP contribution >= 0.6 is 0 Å². The van der Waals surface area contributed by atoms with Crippen molar-refractivity contribution >= 4 is 47.8 Å². The van der Waals surface area contributed by atoms with E-state index in [1.54, 1.807) is 6.92 Å². The van der Waals surface area contributed by atoms with E-state index in [1.165, 1.54) is 39.2 Å². The van der Waals surface area contributed by atoms with Crippen molar-refractivity contribution in [3.05, 3.63) is 63.8 Å². The van der Waals surface area contributed by atoms with Gasteiger partial charge in [0.2, 0.25) is 5.56 Å². The van der Waals surface area contributed by atoms with Gasteiger partial charge in [0.05, 0.1) is 28.7 Å². The third-order valence-electron chi connectivity index (χ3n) is 12.7. The fraction of sp³-hybridized carbons (Fsp3) is 0.581. The third kappa shape index (κ3) is 7.66. The van der Waals surface area contributed by atoms with Gasteiger partial charge in [-0.3, -0.25) is 38.5 Å². The highest BCUT2D eigenvalue weighted by atomic mass is 16.7. The molecule has 2 aliphatic heterocycles. The van der Waals surface area contributed by atoms with Crippen molar-refractivity contribution in [2.75, 3.05) is 13.2 Å². The summed E-state index contributed by atoms with van der Waals surface area (Å²) in [7, 11) is 1.34. The van der Waals surface area contributed by atoms with E-state index in [4.69, 9.17) is 42.6 Å². The molecule has 1 saturated heterocycles. The lowest BCUT2D eigenvalue weighted by molar-refractivity contribution is -0.386. The minimum atomic E-state index is -2.93. The maximum Gasteiger partial charge on any atom is 0.340 e. The number of ether oxygens (including phenoxy) is 9. The number of aromatic nitrogens is 2. The lowest BCUT2D eigenvalue weighted by Crippen LogP contribution is -2.89. The minimum absolute atomic E-state index is 0.0734. The molecule has 21 nitrogen and oxygen atoms in total. The number of pyridine rings is 2. The van der Waals surface area contributed by atoms with Crippen molar-refractivity contribution < 1.29 is 86.1 Å². The molecule has 3 fully saturated rings. The molecule has 0 amide bonds. The van der Waals surface area contributed by atoms with Gasteiger partial charge in [-0.1, -0.05) is 13.8 Å². The van der Waals surface area contributed by atoms with Gasteiger partial charge in [-0.05, 0) is 32.0 Å². The molecule has 0 aromatic carbocycles. The summed E-state index contributed by atoms with van der Waals surface area (Å²) in [5, 5.41) is 13.7. The summed E-state index contributed by atoms with van der Waals surface area (Å²) in [6.07, 6.45) is -10.1. The van der Waals surface area contributed by atoms with Crippen molar-refractivity contribution in [2.45, 2.75) is 122 Å². The van der Waals surface area contributed by atoms with Gasteiger partial charge in [-0.2, -0.15) is 0 Å². The van der Waals surface area contributed by atoms with Gasteiger partial charge >= 0.3 is 47.8 Å². The van der Waals surface area contributed by atoms with Gasteiger partial charge in [0.1, 0.15) is 42.0 Å². The van der Waals surface area contributed by atoms with Crippen LogP contribution in [0.4, 0.5) is 0 Å². The summed E-state index contributed by atoms with van der Waals surface area (Å²) >= 11 is 0. The first kappa shape index (κ1) is 47.3. The van der Waals surface area contributed by atoms with Gasteiger partial charge in [0, 0.05) is 66.0 Å². The molecule has 0 unspecified atom stereocenters. The molecule has 6 rings (SSSR count). The first-order valence-corrected chi connectivity index (χ1v) is 20.3. The number of rotatable bonds is 8. The number of hydrogen-bond donors (Lipinski definition) is 1. The fourth-order valence-electron chi connectivity index (χ4n) is 9.96. The number of fused-ring (bicyclic) bond motifs is 5. The van der Waals surface area contributed by atoms with Crippen LogP contribution in [0.1, 0.15) is 94.6 Å². The average Bonchev–Trinajstić information content (AvgIpc) is 3.42. The maximum atomic E-state index is 14.7. The molecule has 64 heavy (non-hydrogen) atoms. The van der Waals surface area contributed by atoms with Crippen LogP contribution < -0.4 is 5.56 Å². The van der Waals surface area contributed by atoms with E-state index in [1.807, 2.05) is 0 Å². The molecular formula is C43H50N2O19. The number of carbonyl (C=O) groups is 8. The van der Waals surface area contributed by atoms with Crippen LogP contribution in [0, 0.1) is 17.3 Å². The van der Waals surface area contributed by atoms with Crippen LogP contribution in [0.5, 0.6) is 0 Å². The molecule has 346 valence electrons. The molecule has 4 bridgehead atoms. The Kier molecular flexibility index (Phi) is 12.6. The highest BCUT2D eigenvalue weighted by molar-refractivity contribution is 5.91. The third-order valence-corrected chi connectivity index (χ3v) is 12.7. The lowest BCUT2D eigenvalue weighted by atomic mass is 9.45. The van der Waals surface area contributed by atoms with Gasteiger partial charge in [0.15, 0.2) is 30.0 Å². The number of nitrogens with zero attached hydrogens (tertiary/aromatic N) is 2. The molecule has 13 atom stereocenters. The molecule has 2 aromatic rings. The van der Waals surface area contributed by atoms with Crippen LogP contribution in [0.25, 0.3) is 0 Å². The Labute approximate surface area is 365 Å². The SMILES string of the molecule is CC(=O)OC[C@]12[C@H](OC(C)=O)[C@H](OC(C)=O)[C@@H]3[C@@H](OC(C)=O)[C@@]14O[C@@]3(C)COC(=O)c1cccnc1[C@@H](C)[C@H](C)C(=O)O[C@@H]([C@H](OC(=O)c1ccc(=O)n(C)c1)[C@@H]2OC(C)=O)[C@]4(C)O. The summed E-state index contributed by atoms with van der Waals surface area (Å²) in [5.74, 6) is -12.3. The fourth-order valence-corrected chi connectivity index (χ4v) is 9.96. The Morgan fingerprint density at radius 1 is 0.797 bits per heavy atom. The Bertz CT molecular complexity index is 2340. The van der Waals surface area contributed by atoms with Gasteiger partial charge in [-0.15, -0.1) is 0 Å². The Morgan fingerprint density at radius 2 is 1.39 bits per heavy atom. The van der Waals surface area contributed by atoms with Crippen molar-refractivity contribution in [2.24, 2.45) is 24.3 Å². The van der Waals surface area contributed by atoms with Crippen molar-refractivity contribution in [3.8, 4) is 0 Å². The van der Waals surface area contributed by atoms with Gasteiger partial charge in [-0.25, -0.2) is 9.59 Å². The standard InChI is InChI=1S/C43H50N2O19/c1-19-20(2)37(52)63-34-32(62-38(53)26-13-14-28(51)45(10)16-26)36(61-25(7)50)42(18-56-21(3)46)35(60-24(6)49)31(58-22(4)47)29-33(59-23(5)48)43(42,41(34,9)55)64-40(29,8)17-57-39(54)27-12-11-15-44-30(19)27/h11-16,19-20,29,31-36,55H,17-18H2,1-10H3/t19-,20-,29+,31+,32-,33+,34-,35+,36-,40-,41-,42+,43-/m0/s1. The molecule has 2 saturated carbocycles. The second kappa shape index (κ2) is 17.1. The van der Waals surface area contributed by atoms with Crippen LogP contribution in [0.2, 0.25) is 0 Å². The molecule has 4 aliphatic rings. The number of aryl methyl sites for hydroxylation is 1. The van der Waals surface area contributed by atoms with Crippen LogP contribution in [-0.2, 0) is 78.4 Å². The zero-order chi connectivity index (χ0) is 47.4. The van der Waals surface area contributed by atoms with Crippen molar-refractivity contribution in [1.29, 1.82) is 0 Å². The smallest absolute Gasteiger partial charge is 0.340 e. The largest absolute Gasteiger partial charge is 0.465 e. The molecular weight excluding hydrogens is 848 g/mol. The number of esters is 8. The van der Waals surface area contributed by atoms with Crippen LogP contribution in [0.3, 0.4) is 0 Å². The summed E-state index contributed by atoms with van der Waals surface area (Å²) in [5.41, 5.74) is -11.3. The van der Waals surface area contributed by atoms with Crippen LogP contribution in [-0.4, -0.2) is 129 Å². The molecule has 4 heterocycles. The first-order valence-electron chi connectivity index (χ1n) is 20.3. The van der Waals surface area contributed by atoms with Gasteiger partial charge in [0.25, 0.3) is 0 Å². The van der Waals surface area contributed by atoms with E-state index in [9.17, 15) is 48.3 Å². The number of cyclic esters (lactones) is 1. The average molecular weight is 899 g/mol. The van der Waals surface area contributed by atoms with E-state index in [0.717, 1.165) is 64.4 Å². The first-order chi connectivity index (χ1) is 29.8. The molecule has 0 radical (unpaired) electrons. The minimum Gasteiger partial charge on any atom is -0.465 e. The molecule has 2 aromatic heterocycles. The second-order valence-corrected chi connectivity index (χ2v) is 17.0. The zero-order valence-electron chi connectivity index (χ0n) is 36.8. The summed E-state index contributed by atoms with van der Waals surface area (Å²) in [6.45, 7) is 8.38. The summed E-state index contributed by atoms with van der Waals surface area (Å²) in [4.78, 5) is 127. The summed E-state index contributed by atoms with van der Waals surface area (Å²) in [6, 6.07) is 5.03. The van der Waals surface area contributed by atoms with Gasteiger partial charge < -0.3 is 52.3 Å². The monoisotopic (exact) mass is 898 g/mol. The number of hydrogen-bond acceptors (Lipinski definition) is 20. The van der Waals surface area contributed by atoms with Crippen molar-refractivity contribution in [3.63, 3.8) is 0 Å². The van der Waals surface area contributed by atoms with E-state index < -0.39 is 143 Å². The summed E-state index contributed by atoms with van der Waals surface area (Å²) < 4.78 is 56.3. The zero-order valence-corrected chi connectivity index (χ0v) is 36.8. The second-order valence-electron chi connectivity index (χ2n) is 17.0. The molecule has 1 N–H and O–H groups in total. The van der Waals surface area contributed by atoms with E-state index in [2.05, 4.69) is 4.98 Å². The van der Waals surface area contributed by atoms with E-state index in [0.29, 0.717) is 0 Å². The predicted molar refractivity (Wildman–Crippen MR) is 210 cm³/mol. The number of carbonyl (C=O) groups excluding carboxylic acids is 8. The normalized spacial score (nSPS) is 35.3. The molecule has 21 heteroatoms. The van der Waals surface area contributed by atoms with E-state index >= 15 is 0 Å². The topological polar surface area (TPSA) is 275 Å².